The van der Waals surface area contributed by atoms with Gasteiger partial charge in [-0.1, -0.05) is 0 Å². The van der Waals surface area contributed by atoms with Gasteiger partial charge in [-0.2, -0.15) is 44.9 Å². The van der Waals surface area contributed by atoms with Crippen LogP contribution in [0.15, 0.2) is 37.1 Å². The van der Waals surface area contributed by atoms with Crippen LogP contribution in [0, 0.1) is 20.8 Å². The molecule has 0 bridgehead atoms. The molecule has 0 aliphatic heterocycles. The minimum Gasteiger partial charge on any atom is -0.368 e. The lowest BCUT2D eigenvalue weighted by Gasteiger charge is -2.24. The van der Waals surface area contributed by atoms with Crippen molar-refractivity contribution in [2.45, 2.75) is 40.0 Å². The fraction of sp³-hybridized carbons (Fsp3) is 0.344. The molecule has 0 aliphatic carbocycles. The van der Waals surface area contributed by atoms with Gasteiger partial charge in [0.2, 0.25) is 47.6 Å². The second-order valence-electron chi connectivity index (χ2n) is 12.3. The second-order valence-corrected chi connectivity index (χ2v) is 12.3. The minimum atomic E-state index is -0.0243. The quantitative estimate of drug-likeness (QED) is 0.0666. The maximum absolute atomic E-state index is 6.10. The van der Waals surface area contributed by atoms with Gasteiger partial charge in [0, 0.05) is 70.4 Å². The molecule has 0 fully saturated rings. The highest BCUT2D eigenvalue weighted by Crippen LogP contribution is 2.20. The molecule has 6 aromatic heterocycles. The lowest BCUT2D eigenvalue weighted by atomic mass is 10.1. The minimum absolute atomic E-state index is 0.0243. The molecular formula is C32H44N20. The number of rotatable bonds is 16. The first kappa shape index (κ1) is 35.1. The molecule has 0 radical (unpaired) electrons. The number of aromatic nitrogens is 12. The highest BCUT2D eigenvalue weighted by Gasteiger charge is 2.19. The Kier molecular flexibility index (Phi) is 10.4. The van der Waals surface area contributed by atoms with Gasteiger partial charge in [-0.3, -0.25) is 15.0 Å². The molecule has 0 amide bonds. The van der Waals surface area contributed by atoms with Gasteiger partial charge in [-0.15, -0.1) is 0 Å². The first-order chi connectivity index (χ1) is 25.0. The van der Waals surface area contributed by atoms with Crippen molar-refractivity contribution in [3.05, 3.63) is 70.6 Å². The van der Waals surface area contributed by atoms with E-state index in [1.165, 1.54) is 22.3 Å². The Hall–Kier alpha value is -6.73. The summed E-state index contributed by atoms with van der Waals surface area (Å²) in [5.41, 5.74) is 28.0. The number of hydrogen-bond donors (Lipinski definition) is 8. The number of nitrogens with zero attached hydrogens (tertiary/aromatic N) is 12. The topological polar surface area (TPSA) is 273 Å². The van der Waals surface area contributed by atoms with E-state index in [0.717, 1.165) is 24.1 Å². The number of aromatic amines is 2. The van der Waals surface area contributed by atoms with Crippen LogP contribution in [0.4, 0.5) is 47.6 Å². The number of aryl methyl sites for hydroxylation is 2. The van der Waals surface area contributed by atoms with E-state index in [-0.39, 0.29) is 29.7 Å². The molecule has 11 N–H and O–H groups in total. The van der Waals surface area contributed by atoms with Crippen LogP contribution in [0.5, 0.6) is 0 Å². The average molecular weight is 709 g/mol. The summed E-state index contributed by atoms with van der Waals surface area (Å²) in [7, 11) is 3.71. The van der Waals surface area contributed by atoms with Crippen molar-refractivity contribution in [2.75, 3.05) is 76.9 Å². The zero-order chi connectivity index (χ0) is 36.8. The predicted molar refractivity (Wildman–Crippen MR) is 201 cm³/mol. The normalized spacial score (nSPS) is 11.1. The molecule has 6 rings (SSSR count). The summed E-state index contributed by atoms with van der Waals surface area (Å²) >= 11 is 0. The van der Waals surface area contributed by atoms with Crippen LogP contribution in [0.25, 0.3) is 5.95 Å². The standard InChI is InChI=1S/C32H44N20/c1-18-14-36-16-22(18)6-10-38-27-41-26(35)42-31(47-27)51-12-8-21(20(51)3)9-13-52(32-43-24(33)40-25(34)44-32)49-29-45-28(46-30(48-29)50(4)5)39-11-7-23-17-37-15-19(23)2/h8,12,14-17,36-37H,6-7,9-11,13H2,1-5H3,(H4,33,34,40,43,44)(H3,35,38,41,42,47)(H2,39,45,46,48,49). The number of hydrazine groups is 1. The first-order valence-corrected chi connectivity index (χ1v) is 16.7. The first-order valence-electron chi connectivity index (χ1n) is 16.7. The lowest BCUT2D eigenvalue weighted by molar-refractivity contribution is 0.800. The van der Waals surface area contributed by atoms with Crippen LogP contribution < -0.4 is 43.2 Å². The molecule has 6 heterocycles. The molecule has 0 atom stereocenters. The Labute approximate surface area is 300 Å². The Morgan fingerprint density at radius 1 is 0.635 bits per heavy atom. The zero-order valence-electron chi connectivity index (χ0n) is 29.8. The molecule has 6 aromatic rings. The fourth-order valence-electron chi connectivity index (χ4n) is 5.47. The van der Waals surface area contributed by atoms with Crippen LogP contribution in [0.3, 0.4) is 0 Å². The number of H-pyrrole nitrogens is 2. The molecule has 0 unspecified atom stereocenters. The summed E-state index contributed by atoms with van der Waals surface area (Å²) in [6.45, 7) is 7.73. The summed E-state index contributed by atoms with van der Waals surface area (Å²) in [5.74, 6) is 2.18. The predicted octanol–water partition coefficient (Wildman–Crippen LogP) is 1.81. The molecule has 0 saturated heterocycles. The van der Waals surface area contributed by atoms with Gasteiger partial charge in [0.15, 0.2) is 0 Å². The van der Waals surface area contributed by atoms with E-state index in [4.69, 9.17) is 17.2 Å². The monoisotopic (exact) mass is 708 g/mol. The van der Waals surface area contributed by atoms with Crippen molar-refractivity contribution in [1.82, 2.24) is 59.4 Å². The molecule has 0 aromatic carbocycles. The van der Waals surface area contributed by atoms with Crippen LogP contribution in [-0.2, 0) is 19.3 Å². The third-order valence-corrected chi connectivity index (χ3v) is 8.35. The van der Waals surface area contributed by atoms with Gasteiger partial charge < -0.3 is 42.7 Å². The summed E-state index contributed by atoms with van der Waals surface area (Å²) in [6.07, 6.45) is 11.9. The maximum atomic E-state index is 6.10. The highest BCUT2D eigenvalue weighted by molar-refractivity contribution is 5.49. The third-order valence-electron chi connectivity index (χ3n) is 8.35. The van der Waals surface area contributed by atoms with Crippen molar-refractivity contribution in [1.29, 1.82) is 0 Å². The average Bonchev–Trinajstić information content (AvgIpc) is 3.81. The SMILES string of the molecule is Cc1c[nH]cc1CCNc1nc(NN(CCc2ccn(-c3nc(N)nc(NCCc4c[nH]cc4C)n3)c2C)c2nc(N)nc(N)n2)nc(N(C)C)n1. The van der Waals surface area contributed by atoms with E-state index in [1.54, 1.807) is 9.91 Å². The number of nitrogens with one attached hydrogen (secondary N) is 5. The Bertz CT molecular complexity index is 2090. The summed E-state index contributed by atoms with van der Waals surface area (Å²) in [6, 6.07) is 1.99. The largest absolute Gasteiger partial charge is 0.368 e. The molecule has 52 heavy (non-hydrogen) atoms. The van der Waals surface area contributed by atoms with Gasteiger partial charge >= 0.3 is 0 Å². The van der Waals surface area contributed by atoms with Gasteiger partial charge in [-0.05, 0) is 73.9 Å². The number of nitrogens with two attached hydrogens (primary N) is 3. The Morgan fingerprint density at radius 2 is 1.23 bits per heavy atom. The second kappa shape index (κ2) is 15.4. The van der Waals surface area contributed by atoms with Crippen molar-refractivity contribution in [3.8, 4) is 5.95 Å². The van der Waals surface area contributed by atoms with Crippen LogP contribution in [0.1, 0.15) is 33.5 Å². The van der Waals surface area contributed by atoms with E-state index in [9.17, 15) is 0 Å². The van der Waals surface area contributed by atoms with Crippen molar-refractivity contribution >= 4 is 47.6 Å². The Balaban J connectivity index is 1.19. The number of nitrogen functional groups attached to an aromatic ring is 3. The van der Waals surface area contributed by atoms with Gasteiger partial charge in [0.25, 0.3) is 5.95 Å². The number of hydrogen-bond acceptors (Lipinski definition) is 17. The smallest absolute Gasteiger partial charge is 0.251 e. The van der Waals surface area contributed by atoms with Crippen LogP contribution in [0.2, 0.25) is 0 Å². The van der Waals surface area contributed by atoms with E-state index in [0.29, 0.717) is 49.8 Å². The van der Waals surface area contributed by atoms with E-state index in [2.05, 4.69) is 84.7 Å². The number of anilines is 8. The van der Waals surface area contributed by atoms with Gasteiger partial charge in [-0.25, -0.2) is 0 Å². The molecular weight excluding hydrogens is 664 g/mol. The molecule has 0 aliphatic rings. The maximum Gasteiger partial charge on any atom is 0.251 e. The van der Waals surface area contributed by atoms with E-state index in [1.807, 2.05) is 62.6 Å². The van der Waals surface area contributed by atoms with E-state index < -0.39 is 0 Å². The van der Waals surface area contributed by atoms with Gasteiger partial charge in [0.05, 0.1) is 0 Å². The molecule has 20 heteroatoms. The zero-order valence-corrected chi connectivity index (χ0v) is 29.8. The van der Waals surface area contributed by atoms with Crippen molar-refractivity contribution < 1.29 is 0 Å². The summed E-state index contributed by atoms with van der Waals surface area (Å²) in [4.78, 5) is 47.8. The van der Waals surface area contributed by atoms with E-state index >= 15 is 0 Å². The molecule has 0 spiro atoms. The highest BCUT2D eigenvalue weighted by atomic mass is 15.6. The Morgan fingerprint density at radius 3 is 1.83 bits per heavy atom. The summed E-state index contributed by atoms with van der Waals surface area (Å²) in [5, 5.41) is 8.24. The molecule has 272 valence electrons. The van der Waals surface area contributed by atoms with Crippen LogP contribution in [-0.4, -0.2) is 93.1 Å². The lowest BCUT2D eigenvalue weighted by Crippen LogP contribution is -2.35. The third kappa shape index (κ3) is 8.52. The summed E-state index contributed by atoms with van der Waals surface area (Å²) < 4.78 is 1.87. The van der Waals surface area contributed by atoms with Crippen molar-refractivity contribution in [2.24, 2.45) is 0 Å². The van der Waals surface area contributed by atoms with Crippen LogP contribution >= 0.6 is 0 Å². The van der Waals surface area contributed by atoms with Gasteiger partial charge in [0.1, 0.15) is 0 Å². The molecule has 0 saturated carbocycles. The molecule has 20 nitrogen and oxygen atoms in total. The fourth-order valence-corrected chi connectivity index (χ4v) is 5.47. The van der Waals surface area contributed by atoms with Crippen molar-refractivity contribution in [3.63, 3.8) is 0 Å².